The minimum absolute atomic E-state index is 0.202. The molecule has 0 saturated carbocycles. The summed E-state index contributed by atoms with van der Waals surface area (Å²) in [5.74, 6) is 1.62. The zero-order valence-electron chi connectivity index (χ0n) is 11.9. The molecule has 1 saturated heterocycles. The molecule has 1 aromatic carbocycles. The van der Waals surface area contributed by atoms with Crippen LogP contribution < -0.4 is 10.6 Å². The smallest absolute Gasteiger partial charge is 0.159 e. The van der Waals surface area contributed by atoms with Crippen molar-refractivity contribution in [2.75, 3.05) is 18.4 Å². The number of nitrogens with zero attached hydrogens (tertiary/aromatic N) is 4. The van der Waals surface area contributed by atoms with Gasteiger partial charge in [-0.2, -0.15) is 0 Å². The van der Waals surface area contributed by atoms with Gasteiger partial charge >= 0.3 is 0 Å². The first-order valence-electron chi connectivity index (χ1n) is 7.25. The zero-order chi connectivity index (χ0) is 14.9. The first kappa shape index (κ1) is 13.0. The number of hydrogen-bond acceptors (Lipinski definition) is 6. The molecule has 22 heavy (non-hydrogen) atoms. The number of anilines is 1. The maximum absolute atomic E-state index is 9.67. The fourth-order valence-corrected chi connectivity index (χ4v) is 2.71. The maximum atomic E-state index is 9.67. The molecule has 0 amide bonds. The fraction of sp³-hybridized carbons (Fsp3) is 0.267. The van der Waals surface area contributed by atoms with Crippen LogP contribution in [-0.2, 0) is 0 Å². The Bertz CT molecular complexity index is 809. The molecule has 1 fully saturated rings. The van der Waals surface area contributed by atoms with E-state index in [4.69, 9.17) is 0 Å². The molecule has 7 nitrogen and oxygen atoms in total. The topological polar surface area (TPSA) is 87.9 Å². The number of nitrogens with one attached hydrogen (secondary N) is 2. The van der Waals surface area contributed by atoms with Crippen LogP contribution in [0.15, 0.2) is 36.9 Å². The van der Waals surface area contributed by atoms with Crippen molar-refractivity contribution in [3.8, 4) is 11.6 Å². The lowest BCUT2D eigenvalue weighted by atomic mass is 10.2. The Kier molecular flexibility index (Phi) is 3.12. The van der Waals surface area contributed by atoms with Crippen LogP contribution in [0, 0.1) is 0 Å². The molecule has 7 heteroatoms. The van der Waals surface area contributed by atoms with Crippen LogP contribution in [-0.4, -0.2) is 43.8 Å². The third-order valence-electron chi connectivity index (χ3n) is 3.81. The van der Waals surface area contributed by atoms with Crippen molar-refractivity contribution in [1.29, 1.82) is 0 Å². The number of benzene rings is 1. The average molecular weight is 296 g/mol. The lowest BCUT2D eigenvalue weighted by Crippen LogP contribution is -2.23. The standard InChI is InChI=1S/C15H16N6O/c22-11-1-2-12-13(5-11)21(9-18-12)15-8-17-7-14(20-15)19-10-3-4-16-6-10/h1-2,5,7-10,16,22H,3-4,6H2,(H,19,20). The molecule has 3 aromatic rings. The van der Waals surface area contributed by atoms with E-state index < -0.39 is 0 Å². The maximum Gasteiger partial charge on any atom is 0.159 e. The molecule has 0 radical (unpaired) electrons. The number of imidazole rings is 1. The summed E-state index contributed by atoms with van der Waals surface area (Å²) in [6, 6.07) is 5.45. The number of aromatic hydroxyl groups is 1. The van der Waals surface area contributed by atoms with E-state index in [9.17, 15) is 5.11 Å². The van der Waals surface area contributed by atoms with Gasteiger partial charge in [-0.25, -0.2) is 9.97 Å². The second-order valence-corrected chi connectivity index (χ2v) is 5.38. The van der Waals surface area contributed by atoms with E-state index in [1.807, 2.05) is 4.57 Å². The Morgan fingerprint density at radius 2 is 2.27 bits per heavy atom. The van der Waals surface area contributed by atoms with Crippen molar-refractivity contribution in [1.82, 2.24) is 24.8 Å². The van der Waals surface area contributed by atoms with Gasteiger partial charge in [0.1, 0.15) is 17.9 Å². The van der Waals surface area contributed by atoms with Crippen molar-refractivity contribution in [2.24, 2.45) is 0 Å². The Hall–Kier alpha value is -2.67. The number of rotatable bonds is 3. The van der Waals surface area contributed by atoms with E-state index in [1.54, 1.807) is 36.9 Å². The van der Waals surface area contributed by atoms with Crippen molar-refractivity contribution in [3.05, 3.63) is 36.9 Å². The highest BCUT2D eigenvalue weighted by molar-refractivity contribution is 5.78. The van der Waals surface area contributed by atoms with E-state index >= 15 is 0 Å². The Balaban J connectivity index is 1.70. The van der Waals surface area contributed by atoms with E-state index in [1.165, 1.54) is 0 Å². The SMILES string of the molecule is Oc1ccc2ncn(-c3cncc(NC4CCNC4)n3)c2c1. The van der Waals surface area contributed by atoms with Crippen LogP contribution in [0.5, 0.6) is 5.75 Å². The van der Waals surface area contributed by atoms with E-state index in [2.05, 4.69) is 25.6 Å². The molecule has 4 rings (SSSR count). The molecule has 1 aliphatic rings. The largest absolute Gasteiger partial charge is 0.508 e. The summed E-state index contributed by atoms with van der Waals surface area (Å²) in [6.45, 7) is 1.96. The average Bonchev–Trinajstić information content (AvgIpc) is 3.16. The minimum Gasteiger partial charge on any atom is -0.508 e. The van der Waals surface area contributed by atoms with E-state index in [0.29, 0.717) is 11.9 Å². The molecule has 0 spiro atoms. The van der Waals surface area contributed by atoms with Gasteiger partial charge in [-0.1, -0.05) is 0 Å². The summed E-state index contributed by atoms with van der Waals surface area (Å²) in [7, 11) is 0. The van der Waals surface area contributed by atoms with Crippen LogP contribution in [0.1, 0.15) is 6.42 Å². The Morgan fingerprint density at radius 3 is 3.14 bits per heavy atom. The summed E-state index contributed by atoms with van der Waals surface area (Å²) < 4.78 is 1.82. The molecule has 3 heterocycles. The van der Waals surface area contributed by atoms with Crippen molar-refractivity contribution in [2.45, 2.75) is 12.5 Å². The van der Waals surface area contributed by atoms with Crippen LogP contribution >= 0.6 is 0 Å². The summed E-state index contributed by atoms with van der Waals surface area (Å²) in [4.78, 5) is 13.2. The van der Waals surface area contributed by atoms with Crippen LogP contribution in [0.4, 0.5) is 5.82 Å². The Morgan fingerprint density at radius 1 is 1.32 bits per heavy atom. The summed E-state index contributed by atoms with van der Waals surface area (Å²) in [6.07, 6.45) is 6.17. The lowest BCUT2D eigenvalue weighted by molar-refractivity contribution is 0.476. The van der Waals surface area contributed by atoms with Gasteiger partial charge < -0.3 is 15.7 Å². The molecule has 3 N–H and O–H groups in total. The lowest BCUT2D eigenvalue weighted by Gasteiger charge is -2.12. The van der Waals surface area contributed by atoms with Crippen LogP contribution in [0.2, 0.25) is 0 Å². The second kappa shape index (κ2) is 5.27. The fourth-order valence-electron chi connectivity index (χ4n) is 2.71. The molecule has 1 atom stereocenters. The Labute approximate surface area is 127 Å². The molecule has 0 aliphatic carbocycles. The van der Waals surface area contributed by atoms with Gasteiger partial charge in [0.15, 0.2) is 5.82 Å². The highest BCUT2D eigenvalue weighted by Crippen LogP contribution is 2.21. The highest BCUT2D eigenvalue weighted by Gasteiger charge is 2.15. The van der Waals surface area contributed by atoms with Gasteiger partial charge in [0.25, 0.3) is 0 Å². The van der Waals surface area contributed by atoms with Crippen LogP contribution in [0.3, 0.4) is 0 Å². The summed E-state index contributed by atoms with van der Waals surface area (Å²) in [5, 5.41) is 16.4. The first-order valence-corrected chi connectivity index (χ1v) is 7.25. The molecular formula is C15H16N6O. The third kappa shape index (κ3) is 2.35. The van der Waals surface area contributed by atoms with Gasteiger partial charge in [-0.3, -0.25) is 9.55 Å². The molecule has 0 bridgehead atoms. The van der Waals surface area contributed by atoms with Crippen molar-refractivity contribution >= 4 is 16.9 Å². The molecule has 2 aromatic heterocycles. The number of hydrogen-bond donors (Lipinski definition) is 3. The second-order valence-electron chi connectivity index (χ2n) is 5.38. The minimum atomic E-state index is 0.202. The number of fused-ring (bicyclic) bond motifs is 1. The predicted molar refractivity (Wildman–Crippen MR) is 83.2 cm³/mol. The number of phenols is 1. The molecule has 1 aliphatic heterocycles. The molecule has 112 valence electrons. The van der Waals surface area contributed by atoms with E-state index in [0.717, 1.165) is 36.4 Å². The number of phenolic OH excluding ortho intramolecular Hbond substituents is 1. The van der Waals surface area contributed by atoms with Crippen molar-refractivity contribution < 1.29 is 5.11 Å². The van der Waals surface area contributed by atoms with Crippen molar-refractivity contribution in [3.63, 3.8) is 0 Å². The molecular weight excluding hydrogens is 280 g/mol. The summed E-state index contributed by atoms with van der Waals surface area (Å²) in [5.41, 5.74) is 1.60. The summed E-state index contributed by atoms with van der Waals surface area (Å²) >= 11 is 0. The van der Waals surface area contributed by atoms with Gasteiger partial charge in [0.2, 0.25) is 0 Å². The van der Waals surface area contributed by atoms with Crippen LogP contribution in [0.25, 0.3) is 16.9 Å². The van der Waals surface area contributed by atoms with Gasteiger partial charge in [-0.05, 0) is 25.1 Å². The molecule has 1 unspecified atom stereocenters. The van der Waals surface area contributed by atoms with E-state index in [-0.39, 0.29) is 5.75 Å². The number of aromatic nitrogens is 4. The van der Waals surface area contributed by atoms with Gasteiger partial charge in [-0.15, -0.1) is 0 Å². The highest BCUT2D eigenvalue weighted by atomic mass is 16.3. The van der Waals surface area contributed by atoms with Gasteiger partial charge in [0.05, 0.1) is 23.4 Å². The first-order chi connectivity index (χ1) is 10.8. The third-order valence-corrected chi connectivity index (χ3v) is 3.81. The quantitative estimate of drug-likeness (QED) is 0.675. The van der Waals surface area contributed by atoms with Gasteiger partial charge in [0, 0.05) is 18.7 Å². The normalized spacial score (nSPS) is 17.9. The predicted octanol–water partition coefficient (Wildman–Crippen LogP) is 1.29. The monoisotopic (exact) mass is 296 g/mol. The zero-order valence-corrected chi connectivity index (χ0v) is 11.9.